The van der Waals surface area contributed by atoms with E-state index < -0.39 is 17.1 Å². The van der Waals surface area contributed by atoms with Gasteiger partial charge >= 0.3 is 6.18 Å². The van der Waals surface area contributed by atoms with Crippen molar-refractivity contribution in [1.29, 1.82) is 0 Å². The molecule has 1 aliphatic rings. The Morgan fingerprint density at radius 3 is 2.38 bits per heavy atom. The summed E-state index contributed by atoms with van der Waals surface area (Å²) in [5.41, 5.74) is 2.54. The minimum Gasteiger partial charge on any atom is -0.295 e. The highest BCUT2D eigenvalue weighted by Crippen LogP contribution is 2.43. The number of amides is 1. The maximum Gasteiger partial charge on any atom is 0.416 e. The van der Waals surface area contributed by atoms with Gasteiger partial charge in [-0.25, -0.2) is 0 Å². The lowest BCUT2D eigenvalue weighted by molar-refractivity contribution is -0.137. The molecule has 0 N–H and O–H groups in total. The predicted octanol–water partition coefficient (Wildman–Crippen LogP) is 5.10. The number of alkyl halides is 3. The van der Waals surface area contributed by atoms with Gasteiger partial charge in [-0.2, -0.15) is 13.2 Å². The number of hydrogen-bond acceptors (Lipinski definition) is 2. The zero-order valence-corrected chi connectivity index (χ0v) is 14.0. The number of hydrogen-bond donors (Lipinski definition) is 0. The van der Waals surface area contributed by atoms with Crippen molar-refractivity contribution >= 4 is 23.4 Å². The average Bonchev–Trinajstić information content (AvgIpc) is 2.87. The standard InChI is InChI=1S/C18H16F3NOS/c1-11-6-12(2)8-15(7-11)22-16(23)10-24-17(22)13-4-3-5-14(9-13)18(19,20)21/h3-9,17H,10H2,1-2H3/t17-/m0/s1. The highest BCUT2D eigenvalue weighted by molar-refractivity contribution is 8.00. The Hall–Kier alpha value is -1.95. The second kappa shape index (κ2) is 6.16. The third-order valence-corrected chi connectivity index (χ3v) is 5.06. The van der Waals surface area contributed by atoms with Gasteiger partial charge in [0.2, 0.25) is 5.91 Å². The molecule has 1 atom stereocenters. The van der Waals surface area contributed by atoms with Crippen molar-refractivity contribution in [2.24, 2.45) is 0 Å². The first-order valence-corrected chi connectivity index (χ1v) is 8.50. The third kappa shape index (κ3) is 3.29. The van der Waals surface area contributed by atoms with Gasteiger partial charge in [-0.05, 0) is 54.8 Å². The van der Waals surface area contributed by atoms with Gasteiger partial charge in [-0.3, -0.25) is 9.69 Å². The van der Waals surface area contributed by atoms with E-state index in [1.165, 1.54) is 17.8 Å². The van der Waals surface area contributed by atoms with Crippen LogP contribution in [0.2, 0.25) is 0 Å². The van der Waals surface area contributed by atoms with Gasteiger partial charge in [0.05, 0.1) is 11.3 Å². The molecule has 2 nitrogen and oxygen atoms in total. The molecule has 6 heteroatoms. The van der Waals surface area contributed by atoms with E-state index in [1.807, 2.05) is 32.0 Å². The molecule has 0 saturated carbocycles. The van der Waals surface area contributed by atoms with E-state index in [1.54, 1.807) is 11.0 Å². The molecule has 0 spiro atoms. The van der Waals surface area contributed by atoms with Crippen LogP contribution in [0.5, 0.6) is 0 Å². The van der Waals surface area contributed by atoms with Crippen LogP contribution in [0.25, 0.3) is 0 Å². The van der Waals surface area contributed by atoms with Crippen LogP contribution in [-0.2, 0) is 11.0 Å². The molecule has 0 aromatic heterocycles. The van der Waals surface area contributed by atoms with Crippen LogP contribution in [0.1, 0.15) is 27.6 Å². The summed E-state index contributed by atoms with van der Waals surface area (Å²) in [5.74, 6) is 0.167. The molecule has 1 heterocycles. The summed E-state index contributed by atoms with van der Waals surface area (Å²) in [6, 6.07) is 11.0. The van der Waals surface area contributed by atoms with Crippen molar-refractivity contribution in [2.75, 3.05) is 10.7 Å². The van der Waals surface area contributed by atoms with E-state index >= 15 is 0 Å². The molecule has 0 unspecified atom stereocenters. The van der Waals surface area contributed by atoms with Crippen LogP contribution in [0.15, 0.2) is 42.5 Å². The molecule has 0 bridgehead atoms. The van der Waals surface area contributed by atoms with Crippen LogP contribution in [0.4, 0.5) is 18.9 Å². The predicted molar refractivity (Wildman–Crippen MR) is 90.0 cm³/mol. The van der Waals surface area contributed by atoms with Crippen molar-refractivity contribution in [3.8, 4) is 0 Å². The van der Waals surface area contributed by atoms with Gasteiger partial charge in [0.25, 0.3) is 0 Å². The molecule has 2 aromatic carbocycles. The number of anilines is 1. The third-order valence-electron chi connectivity index (χ3n) is 3.85. The molecular weight excluding hydrogens is 335 g/mol. The molecule has 1 saturated heterocycles. The number of halogens is 3. The van der Waals surface area contributed by atoms with Crippen molar-refractivity contribution in [3.63, 3.8) is 0 Å². The fraction of sp³-hybridized carbons (Fsp3) is 0.278. The molecular formula is C18H16F3NOS. The molecule has 24 heavy (non-hydrogen) atoms. The lowest BCUT2D eigenvalue weighted by atomic mass is 10.1. The summed E-state index contributed by atoms with van der Waals surface area (Å²) < 4.78 is 38.9. The van der Waals surface area contributed by atoms with Crippen LogP contribution < -0.4 is 4.90 Å². The quantitative estimate of drug-likeness (QED) is 0.750. The van der Waals surface area contributed by atoms with Crippen LogP contribution >= 0.6 is 11.8 Å². The minimum atomic E-state index is -4.39. The van der Waals surface area contributed by atoms with Gasteiger partial charge in [0.15, 0.2) is 0 Å². The molecule has 1 aliphatic heterocycles. The van der Waals surface area contributed by atoms with E-state index in [4.69, 9.17) is 0 Å². The second-order valence-corrected chi connectivity index (χ2v) is 6.96. The highest BCUT2D eigenvalue weighted by atomic mass is 32.2. The molecule has 3 rings (SSSR count). The number of thioether (sulfide) groups is 1. The van der Waals surface area contributed by atoms with Crippen LogP contribution in [-0.4, -0.2) is 11.7 Å². The first-order chi connectivity index (χ1) is 11.3. The van der Waals surface area contributed by atoms with Gasteiger partial charge in [-0.1, -0.05) is 18.2 Å². The number of carbonyl (C=O) groups excluding carboxylic acids is 1. The maximum atomic E-state index is 13.0. The Kier molecular flexibility index (Phi) is 4.34. The summed E-state index contributed by atoms with van der Waals surface area (Å²) in [5, 5.41) is -0.444. The average molecular weight is 351 g/mol. The van der Waals surface area contributed by atoms with E-state index in [-0.39, 0.29) is 11.7 Å². The summed E-state index contributed by atoms with van der Waals surface area (Å²) in [6.07, 6.45) is -4.39. The van der Waals surface area contributed by atoms with Crippen molar-refractivity contribution < 1.29 is 18.0 Å². The van der Waals surface area contributed by atoms with Gasteiger partial charge in [0, 0.05) is 5.69 Å². The monoisotopic (exact) mass is 351 g/mol. The van der Waals surface area contributed by atoms with E-state index in [0.717, 1.165) is 28.9 Å². The minimum absolute atomic E-state index is 0.0904. The van der Waals surface area contributed by atoms with Crippen molar-refractivity contribution in [1.82, 2.24) is 0 Å². The van der Waals surface area contributed by atoms with Gasteiger partial charge in [0.1, 0.15) is 5.37 Å². The summed E-state index contributed by atoms with van der Waals surface area (Å²) in [7, 11) is 0. The Bertz CT molecular complexity index is 768. The lowest BCUT2D eigenvalue weighted by Crippen LogP contribution is -2.28. The molecule has 1 amide bonds. The second-order valence-electron chi connectivity index (χ2n) is 5.90. The maximum absolute atomic E-state index is 13.0. The lowest BCUT2D eigenvalue weighted by Gasteiger charge is -2.25. The molecule has 2 aromatic rings. The Balaban J connectivity index is 2.02. The number of carbonyl (C=O) groups is 1. The summed E-state index contributed by atoms with van der Waals surface area (Å²) in [4.78, 5) is 13.9. The van der Waals surface area contributed by atoms with Crippen LogP contribution in [0, 0.1) is 13.8 Å². The first-order valence-electron chi connectivity index (χ1n) is 7.45. The van der Waals surface area contributed by atoms with Crippen LogP contribution in [0.3, 0.4) is 0 Å². The Labute approximate surface area is 142 Å². The highest BCUT2D eigenvalue weighted by Gasteiger charge is 2.36. The summed E-state index contributed by atoms with van der Waals surface area (Å²) >= 11 is 1.35. The number of rotatable bonds is 2. The van der Waals surface area contributed by atoms with E-state index in [2.05, 4.69) is 0 Å². The Morgan fingerprint density at radius 2 is 1.75 bits per heavy atom. The largest absolute Gasteiger partial charge is 0.416 e. The van der Waals surface area contributed by atoms with E-state index in [0.29, 0.717) is 5.56 Å². The molecule has 1 fully saturated rings. The van der Waals surface area contributed by atoms with Crippen molar-refractivity contribution in [2.45, 2.75) is 25.4 Å². The zero-order valence-electron chi connectivity index (χ0n) is 13.2. The number of nitrogens with zero attached hydrogens (tertiary/aromatic N) is 1. The van der Waals surface area contributed by atoms with Crippen molar-refractivity contribution in [3.05, 3.63) is 64.7 Å². The van der Waals surface area contributed by atoms with Gasteiger partial charge < -0.3 is 0 Å². The first kappa shape index (κ1) is 16.9. The smallest absolute Gasteiger partial charge is 0.295 e. The van der Waals surface area contributed by atoms with Gasteiger partial charge in [-0.15, -0.1) is 11.8 Å². The number of aryl methyl sites for hydroxylation is 2. The molecule has 126 valence electrons. The molecule has 0 aliphatic carbocycles. The zero-order chi connectivity index (χ0) is 17.5. The SMILES string of the molecule is Cc1cc(C)cc(N2C(=O)CS[C@H]2c2cccc(C(F)(F)F)c2)c1. The Morgan fingerprint density at radius 1 is 1.08 bits per heavy atom. The molecule has 0 radical (unpaired) electrons. The van der Waals surface area contributed by atoms with E-state index in [9.17, 15) is 18.0 Å². The number of benzene rings is 2. The summed E-state index contributed by atoms with van der Waals surface area (Å²) in [6.45, 7) is 3.87. The fourth-order valence-electron chi connectivity index (χ4n) is 2.91. The topological polar surface area (TPSA) is 20.3 Å². The normalized spacial score (nSPS) is 18.3. The fourth-order valence-corrected chi connectivity index (χ4v) is 4.08.